The van der Waals surface area contributed by atoms with Crippen molar-refractivity contribution in [3.05, 3.63) is 23.3 Å². The lowest BCUT2D eigenvalue weighted by Gasteiger charge is -2.47. The van der Waals surface area contributed by atoms with Gasteiger partial charge in [0.25, 0.3) is 0 Å². The van der Waals surface area contributed by atoms with E-state index in [0.717, 1.165) is 43.9 Å². The van der Waals surface area contributed by atoms with E-state index in [1.807, 2.05) is 0 Å². The maximum Gasteiger partial charge on any atom is 0.161 e. The molecule has 27 heavy (non-hydrogen) atoms. The number of methoxy groups -OCH3 is 2. The highest BCUT2D eigenvalue weighted by Gasteiger charge is 2.40. The van der Waals surface area contributed by atoms with Crippen LogP contribution in [-0.2, 0) is 11.2 Å². The molecule has 3 atom stereocenters. The number of piperidine rings is 1. The minimum Gasteiger partial charge on any atom is -0.493 e. The average Bonchev–Trinajstić information content (AvgIpc) is 2.66. The number of rotatable bonds is 8. The van der Waals surface area contributed by atoms with Gasteiger partial charge in [-0.1, -0.05) is 13.8 Å². The largest absolute Gasteiger partial charge is 0.493 e. The number of fused-ring (bicyclic) bond motifs is 3. The Balaban J connectivity index is 1.84. The number of halogens is 1. The highest BCUT2D eigenvalue weighted by Crippen LogP contribution is 2.44. The number of hydrogen-bond donors (Lipinski definition) is 0. The van der Waals surface area contributed by atoms with Gasteiger partial charge in [-0.25, -0.2) is 0 Å². The minimum atomic E-state index is -0.309. The van der Waals surface area contributed by atoms with Crippen molar-refractivity contribution < 1.29 is 18.6 Å². The van der Waals surface area contributed by atoms with Gasteiger partial charge in [0.2, 0.25) is 0 Å². The lowest BCUT2D eigenvalue weighted by Crippen LogP contribution is -2.49. The van der Waals surface area contributed by atoms with E-state index in [-0.39, 0.29) is 12.8 Å². The molecule has 0 N–H and O–H groups in total. The third-order valence-corrected chi connectivity index (χ3v) is 5.95. The van der Waals surface area contributed by atoms with E-state index in [4.69, 9.17) is 14.2 Å². The van der Waals surface area contributed by atoms with Crippen molar-refractivity contribution in [2.24, 2.45) is 11.8 Å². The topological polar surface area (TPSA) is 30.9 Å². The van der Waals surface area contributed by atoms with Crippen molar-refractivity contribution in [1.82, 2.24) is 4.90 Å². The fourth-order valence-corrected chi connectivity index (χ4v) is 4.73. The second-order valence-corrected chi connectivity index (χ2v) is 8.24. The summed E-state index contributed by atoms with van der Waals surface area (Å²) in [6.07, 6.45) is 3.84. The monoisotopic (exact) mass is 379 g/mol. The zero-order valence-electron chi connectivity index (χ0n) is 17.2. The van der Waals surface area contributed by atoms with Gasteiger partial charge in [-0.2, -0.15) is 0 Å². The quantitative estimate of drug-likeness (QED) is 0.626. The summed E-state index contributed by atoms with van der Waals surface area (Å²) in [5.41, 5.74) is 2.68. The van der Waals surface area contributed by atoms with Crippen LogP contribution >= 0.6 is 0 Å². The fraction of sp³-hybridized carbons (Fsp3) is 0.727. The van der Waals surface area contributed by atoms with Crippen molar-refractivity contribution in [3.63, 3.8) is 0 Å². The summed E-state index contributed by atoms with van der Waals surface area (Å²) in [5, 5.41) is 0. The summed E-state index contributed by atoms with van der Waals surface area (Å²) < 4.78 is 29.8. The Morgan fingerprint density at radius 2 is 1.93 bits per heavy atom. The molecule has 0 bridgehead atoms. The predicted molar refractivity (Wildman–Crippen MR) is 105 cm³/mol. The standard InChI is InChI=1S/C22H34FNO3/c1-15(2)10-17-14-24-8-6-16-11-21(25-3)22(26-4)12-18(16)19(24)13-20(17)27-9-5-7-23/h11-12,15,17,19-20H,5-10,13-14H2,1-4H3/t17-,19-,20-/m1/s1. The first-order valence-electron chi connectivity index (χ1n) is 10.2. The molecule has 0 aromatic heterocycles. The van der Waals surface area contributed by atoms with Crippen LogP contribution in [0.15, 0.2) is 12.1 Å². The highest BCUT2D eigenvalue weighted by molar-refractivity contribution is 5.49. The smallest absolute Gasteiger partial charge is 0.161 e. The molecule has 1 aromatic carbocycles. The number of ether oxygens (including phenoxy) is 3. The molecule has 1 fully saturated rings. The number of hydrogen-bond acceptors (Lipinski definition) is 4. The highest BCUT2D eigenvalue weighted by atomic mass is 19.1. The van der Waals surface area contributed by atoms with E-state index in [1.54, 1.807) is 14.2 Å². The predicted octanol–water partition coefficient (Wildman–Crippen LogP) is 4.41. The van der Waals surface area contributed by atoms with Crippen LogP contribution in [0.1, 0.15) is 50.3 Å². The molecule has 152 valence electrons. The van der Waals surface area contributed by atoms with Crippen LogP contribution in [0.2, 0.25) is 0 Å². The molecule has 0 saturated carbocycles. The van der Waals surface area contributed by atoms with Gasteiger partial charge >= 0.3 is 0 Å². The molecule has 0 amide bonds. The van der Waals surface area contributed by atoms with Gasteiger partial charge in [-0.3, -0.25) is 9.29 Å². The Bertz CT molecular complexity index is 622. The Morgan fingerprint density at radius 3 is 2.59 bits per heavy atom. The molecule has 2 aliphatic heterocycles. The Morgan fingerprint density at radius 1 is 1.19 bits per heavy atom. The van der Waals surface area contributed by atoms with Gasteiger partial charge in [0.1, 0.15) is 0 Å². The lowest BCUT2D eigenvalue weighted by molar-refractivity contribution is -0.0651. The Hall–Kier alpha value is -1.33. The fourth-order valence-electron chi connectivity index (χ4n) is 4.73. The van der Waals surface area contributed by atoms with E-state index in [2.05, 4.69) is 30.9 Å². The molecule has 0 radical (unpaired) electrons. The number of benzene rings is 1. The van der Waals surface area contributed by atoms with Gasteiger partial charge in [0, 0.05) is 25.7 Å². The molecular formula is C22H34FNO3. The van der Waals surface area contributed by atoms with Gasteiger partial charge in [0.05, 0.1) is 27.0 Å². The van der Waals surface area contributed by atoms with Crippen LogP contribution in [0.5, 0.6) is 11.5 Å². The molecule has 4 nitrogen and oxygen atoms in total. The molecule has 3 rings (SSSR count). The van der Waals surface area contributed by atoms with E-state index in [9.17, 15) is 4.39 Å². The first kappa shape index (κ1) is 20.4. The second kappa shape index (κ2) is 9.24. The van der Waals surface area contributed by atoms with Gasteiger partial charge in [0.15, 0.2) is 11.5 Å². The normalized spacial score (nSPS) is 25.2. The first-order chi connectivity index (χ1) is 13.1. The zero-order chi connectivity index (χ0) is 19.4. The first-order valence-corrected chi connectivity index (χ1v) is 10.2. The molecular weight excluding hydrogens is 345 g/mol. The van der Waals surface area contributed by atoms with Crippen LogP contribution in [0.4, 0.5) is 4.39 Å². The van der Waals surface area contributed by atoms with Crippen molar-refractivity contribution >= 4 is 0 Å². The zero-order valence-corrected chi connectivity index (χ0v) is 17.2. The third kappa shape index (κ3) is 4.57. The average molecular weight is 380 g/mol. The van der Waals surface area contributed by atoms with Crippen LogP contribution in [0.25, 0.3) is 0 Å². The van der Waals surface area contributed by atoms with Crippen molar-refractivity contribution in [1.29, 1.82) is 0 Å². The lowest BCUT2D eigenvalue weighted by atomic mass is 9.79. The maximum absolute atomic E-state index is 12.6. The summed E-state index contributed by atoms with van der Waals surface area (Å²) in [6.45, 7) is 6.87. The van der Waals surface area contributed by atoms with Crippen LogP contribution in [0.3, 0.4) is 0 Å². The third-order valence-electron chi connectivity index (χ3n) is 5.95. The van der Waals surface area contributed by atoms with Gasteiger partial charge < -0.3 is 14.2 Å². The molecule has 2 aliphatic rings. The summed E-state index contributed by atoms with van der Waals surface area (Å²) in [7, 11) is 3.37. The minimum absolute atomic E-state index is 0.194. The van der Waals surface area contributed by atoms with Gasteiger partial charge in [-0.15, -0.1) is 0 Å². The molecule has 1 aromatic rings. The summed E-state index contributed by atoms with van der Waals surface area (Å²) in [6, 6.07) is 4.61. The summed E-state index contributed by atoms with van der Waals surface area (Å²) >= 11 is 0. The molecule has 0 aliphatic carbocycles. The van der Waals surface area contributed by atoms with E-state index >= 15 is 0 Å². The molecule has 1 saturated heterocycles. The van der Waals surface area contributed by atoms with E-state index in [0.29, 0.717) is 30.9 Å². The van der Waals surface area contributed by atoms with Gasteiger partial charge in [-0.05, 0) is 60.8 Å². The van der Waals surface area contributed by atoms with Crippen molar-refractivity contribution in [2.45, 2.75) is 51.7 Å². The molecule has 5 heteroatoms. The van der Waals surface area contributed by atoms with Crippen LogP contribution < -0.4 is 9.47 Å². The number of nitrogens with zero attached hydrogens (tertiary/aromatic N) is 1. The Kier molecular flexibility index (Phi) is 6.99. The van der Waals surface area contributed by atoms with E-state index < -0.39 is 0 Å². The van der Waals surface area contributed by atoms with Crippen molar-refractivity contribution in [2.75, 3.05) is 40.6 Å². The maximum atomic E-state index is 12.6. The summed E-state index contributed by atoms with van der Waals surface area (Å²) in [4.78, 5) is 2.61. The van der Waals surface area contributed by atoms with Crippen molar-refractivity contribution in [3.8, 4) is 11.5 Å². The molecule has 0 unspecified atom stereocenters. The second-order valence-electron chi connectivity index (χ2n) is 8.24. The molecule has 2 heterocycles. The number of alkyl halides is 1. The Labute approximate surface area is 163 Å². The molecule has 0 spiro atoms. The van der Waals surface area contributed by atoms with E-state index in [1.165, 1.54) is 11.1 Å². The van der Waals surface area contributed by atoms with Crippen LogP contribution in [-0.4, -0.2) is 51.6 Å². The summed E-state index contributed by atoms with van der Waals surface area (Å²) in [5.74, 6) is 2.74. The van der Waals surface area contributed by atoms with Crippen LogP contribution in [0, 0.1) is 11.8 Å². The SMILES string of the molecule is COc1cc2c(cc1OC)[C@H]1C[C@@H](OCCCF)[C@H](CC(C)C)CN1CC2.